The maximum atomic E-state index is 11.8. The minimum absolute atomic E-state index is 0.231. The molecule has 2 aromatic carbocycles. The Morgan fingerprint density at radius 2 is 1.82 bits per heavy atom. The van der Waals surface area contributed by atoms with Gasteiger partial charge in [0.05, 0.1) is 11.0 Å². The summed E-state index contributed by atoms with van der Waals surface area (Å²) in [6.45, 7) is 2.60. The molecule has 4 N–H and O–H groups in total. The number of urea groups is 1. The van der Waals surface area contributed by atoms with Gasteiger partial charge in [0.25, 0.3) is 0 Å². The molecule has 0 radical (unpaired) electrons. The molecule has 2 amide bonds. The largest absolute Gasteiger partial charge is 0.480 e. The van der Waals surface area contributed by atoms with Crippen LogP contribution in [0.15, 0.2) is 48.5 Å². The molecule has 0 fully saturated rings. The van der Waals surface area contributed by atoms with Gasteiger partial charge in [-0.1, -0.05) is 43.3 Å². The third-order valence-electron chi connectivity index (χ3n) is 3.99. The number of carbonyl (C=O) groups is 2. The normalized spacial score (nSPS) is 12.8. The molecule has 0 heterocycles. The fraction of sp³-hybridized carbons (Fsp3) is 0.300. The molecule has 7 nitrogen and oxygen atoms in total. The molecule has 0 aliphatic heterocycles. The topological polar surface area (TPSA) is 108 Å². The maximum Gasteiger partial charge on any atom is 0.321 e. The maximum absolute atomic E-state index is 11.8. The standard InChI is InChI=1S/C20H25N3O4S/c1-3-11-21-20(26)22-17-6-4-5-16(13-17)15-9-7-14(8-10-15)12-18(19(24)25)23-28(2)27/h4-10,13,18,23H,3,11-12H2,1-2H3,(H,24,25)(H2,21,22,26). The van der Waals surface area contributed by atoms with Crippen molar-refractivity contribution in [3.8, 4) is 11.1 Å². The van der Waals surface area contributed by atoms with Gasteiger partial charge in [-0.25, -0.2) is 13.7 Å². The number of aliphatic carboxylic acids is 1. The molecular formula is C20H25N3O4S. The van der Waals surface area contributed by atoms with Gasteiger partial charge in [-0.3, -0.25) is 4.79 Å². The van der Waals surface area contributed by atoms with E-state index in [0.29, 0.717) is 12.2 Å². The Balaban J connectivity index is 2.08. The molecule has 2 aromatic rings. The summed E-state index contributed by atoms with van der Waals surface area (Å²) in [5.41, 5.74) is 3.39. The van der Waals surface area contributed by atoms with Crippen molar-refractivity contribution in [1.29, 1.82) is 0 Å². The van der Waals surface area contributed by atoms with Gasteiger partial charge >= 0.3 is 12.0 Å². The van der Waals surface area contributed by atoms with Gasteiger partial charge < -0.3 is 15.7 Å². The number of nitrogens with one attached hydrogen (secondary N) is 3. The van der Waals surface area contributed by atoms with E-state index in [4.69, 9.17) is 0 Å². The van der Waals surface area contributed by atoms with Crippen molar-refractivity contribution in [3.05, 3.63) is 54.1 Å². The highest BCUT2D eigenvalue weighted by Crippen LogP contribution is 2.23. The van der Waals surface area contributed by atoms with Gasteiger partial charge in [0.2, 0.25) is 0 Å². The smallest absolute Gasteiger partial charge is 0.321 e. The Kier molecular flexibility index (Phi) is 8.16. The molecule has 0 aliphatic carbocycles. The molecule has 28 heavy (non-hydrogen) atoms. The zero-order valence-corrected chi connectivity index (χ0v) is 16.7. The van der Waals surface area contributed by atoms with Gasteiger partial charge in [0, 0.05) is 18.5 Å². The predicted octanol–water partition coefficient (Wildman–Crippen LogP) is 2.76. The first-order valence-corrected chi connectivity index (χ1v) is 10.5. The van der Waals surface area contributed by atoms with Crippen LogP contribution in [0.1, 0.15) is 18.9 Å². The molecule has 8 heteroatoms. The third kappa shape index (κ3) is 6.79. The Bertz CT molecular complexity index is 840. The summed E-state index contributed by atoms with van der Waals surface area (Å²) in [6.07, 6.45) is 2.50. The molecule has 2 atom stereocenters. The van der Waals surface area contributed by atoms with Gasteiger partial charge in [-0.05, 0) is 41.7 Å². The number of rotatable bonds is 9. The molecule has 0 bridgehead atoms. The highest BCUT2D eigenvalue weighted by atomic mass is 32.2. The van der Waals surface area contributed by atoms with Crippen LogP contribution < -0.4 is 15.4 Å². The van der Waals surface area contributed by atoms with E-state index in [9.17, 15) is 18.9 Å². The van der Waals surface area contributed by atoms with Gasteiger partial charge in [0.15, 0.2) is 0 Å². The summed E-state index contributed by atoms with van der Waals surface area (Å²) in [4.78, 5) is 23.1. The van der Waals surface area contributed by atoms with Crippen LogP contribution in [0.3, 0.4) is 0 Å². The van der Waals surface area contributed by atoms with Crippen molar-refractivity contribution < 1.29 is 18.9 Å². The van der Waals surface area contributed by atoms with Crippen LogP contribution in [0, 0.1) is 0 Å². The number of hydrogen-bond acceptors (Lipinski definition) is 3. The molecule has 0 aliphatic rings. The summed E-state index contributed by atoms with van der Waals surface area (Å²) >= 11 is 0. The van der Waals surface area contributed by atoms with E-state index in [2.05, 4.69) is 15.4 Å². The fourth-order valence-corrected chi connectivity index (χ4v) is 3.22. The molecule has 0 aromatic heterocycles. The average molecular weight is 404 g/mol. The highest BCUT2D eigenvalue weighted by molar-refractivity contribution is 7.82. The first-order chi connectivity index (χ1) is 13.4. The summed E-state index contributed by atoms with van der Waals surface area (Å²) in [7, 11) is -1.40. The molecular weight excluding hydrogens is 378 g/mol. The molecule has 2 unspecified atom stereocenters. The number of anilines is 1. The second kappa shape index (κ2) is 10.6. The van der Waals surface area contributed by atoms with Crippen LogP contribution in [-0.2, 0) is 22.2 Å². The first kappa shape index (κ1) is 21.6. The quantitative estimate of drug-likeness (QED) is 0.516. The number of benzene rings is 2. The van der Waals surface area contributed by atoms with E-state index in [1.807, 2.05) is 55.5 Å². The second-order valence-corrected chi connectivity index (χ2v) is 7.47. The summed E-state index contributed by atoms with van der Waals surface area (Å²) in [6, 6.07) is 13.8. The van der Waals surface area contributed by atoms with E-state index in [1.54, 1.807) is 0 Å². The lowest BCUT2D eigenvalue weighted by Crippen LogP contribution is -2.39. The summed E-state index contributed by atoms with van der Waals surface area (Å²) < 4.78 is 13.8. The van der Waals surface area contributed by atoms with Crippen LogP contribution in [0.4, 0.5) is 10.5 Å². The van der Waals surface area contributed by atoms with Gasteiger partial charge in [-0.2, -0.15) is 0 Å². The van der Waals surface area contributed by atoms with Crippen LogP contribution in [0.5, 0.6) is 0 Å². The van der Waals surface area contributed by atoms with Crippen LogP contribution in [0.25, 0.3) is 11.1 Å². The van der Waals surface area contributed by atoms with Crippen molar-refractivity contribution in [1.82, 2.24) is 10.0 Å². The summed E-state index contributed by atoms with van der Waals surface area (Å²) in [5, 5.41) is 14.8. The van der Waals surface area contributed by atoms with E-state index in [-0.39, 0.29) is 12.5 Å². The summed E-state index contributed by atoms with van der Waals surface area (Å²) in [5.74, 6) is -1.04. The lowest BCUT2D eigenvalue weighted by molar-refractivity contribution is -0.138. The minimum atomic E-state index is -1.40. The van der Waals surface area contributed by atoms with Crippen LogP contribution in [0.2, 0.25) is 0 Å². The molecule has 150 valence electrons. The predicted molar refractivity (Wildman–Crippen MR) is 112 cm³/mol. The van der Waals surface area contributed by atoms with Crippen molar-refractivity contribution in [2.24, 2.45) is 0 Å². The molecule has 2 rings (SSSR count). The minimum Gasteiger partial charge on any atom is -0.480 e. The van der Waals surface area contributed by atoms with Crippen molar-refractivity contribution in [3.63, 3.8) is 0 Å². The Hall–Kier alpha value is -2.71. The van der Waals surface area contributed by atoms with E-state index in [0.717, 1.165) is 23.1 Å². The lowest BCUT2D eigenvalue weighted by atomic mass is 10.0. The molecule has 0 saturated heterocycles. The number of carboxylic acid groups (broad SMARTS) is 1. The number of carboxylic acids is 1. The van der Waals surface area contributed by atoms with E-state index < -0.39 is 23.0 Å². The zero-order chi connectivity index (χ0) is 20.5. The van der Waals surface area contributed by atoms with E-state index in [1.165, 1.54) is 6.26 Å². The van der Waals surface area contributed by atoms with E-state index >= 15 is 0 Å². The number of carbonyl (C=O) groups excluding carboxylic acids is 1. The van der Waals surface area contributed by atoms with Crippen molar-refractivity contribution in [2.45, 2.75) is 25.8 Å². The average Bonchev–Trinajstić information content (AvgIpc) is 2.66. The van der Waals surface area contributed by atoms with Crippen molar-refractivity contribution in [2.75, 3.05) is 18.1 Å². The first-order valence-electron chi connectivity index (χ1n) is 8.95. The third-order valence-corrected chi connectivity index (χ3v) is 4.61. The fourth-order valence-electron chi connectivity index (χ4n) is 2.64. The molecule has 0 spiro atoms. The van der Waals surface area contributed by atoms with Gasteiger partial charge in [0.1, 0.15) is 6.04 Å². The Labute approximate surface area is 167 Å². The number of hydrogen-bond donors (Lipinski definition) is 4. The second-order valence-electron chi connectivity index (χ2n) is 6.33. The molecule has 0 saturated carbocycles. The zero-order valence-electron chi connectivity index (χ0n) is 15.9. The Morgan fingerprint density at radius 1 is 1.11 bits per heavy atom. The monoisotopic (exact) mass is 403 g/mol. The van der Waals surface area contributed by atoms with Crippen molar-refractivity contribution >= 4 is 28.7 Å². The lowest BCUT2D eigenvalue weighted by Gasteiger charge is -2.13. The highest BCUT2D eigenvalue weighted by Gasteiger charge is 2.18. The SMILES string of the molecule is CCCNC(=O)Nc1cccc(-c2ccc(CC(NS(C)=O)C(=O)O)cc2)c1. The number of amides is 2. The Morgan fingerprint density at radius 3 is 2.43 bits per heavy atom. The van der Waals surface area contributed by atoms with Crippen LogP contribution >= 0.6 is 0 Å². The van der Waals surface area contributed by atoms with Crippen LogP contribution in [-0.4, -0.2) is 40.2 Å². The van der Waals surface area contributed by atoms with Gasteiger partial charge in [-0.15, -0.1) is 0 Å².